The van der Waals surface area contributed by atoms with E-state index < -0.39 is 41.1 Å². The first-order chi connectivity index (χ1) is 13.8. The molecule has 0 amide bonds. The van der Waals surface area contributed by atoms with Gasteiger partial charge in [0, 0.05) is 11.6 Å². The SMILES string of the molecule is [2H]c1c(CCC2CCC(CC)CC2)ccc(-c2c([2H])c(F)c([2H])c(F)c2[2H])c1F. The summed E-state index contributed by atoms with van der Waals surface area (Å²) in [5.41, 5.74) is -0.401. The molecule has 3 heteroatoms. The first-order valence-electron chi connectivity index (χ1n) is 11.0. The van der Waals surface area contributed by atoms with Crippen molar-refractivity contribution in [1.82, 2.24) is 0 Å². The average molecular weight is 350 g/mol. The lowest BCUT2D eigenvalue weighted by atomic mass is 9.78. The third kappa shape index (κ3) is 4.65. The van der Waals surface area contributed by atoms with Gasteiger partial charge >= 0.3 is 0 Å². The van der Waals surface area contributed by atoms with Gasteiger partial charge in [-0.05, 0) is 53.9 Å². The highest BCUT2D eigenvalue weighted by atomic mass is 19.1. The molecule has 1 fully saturated rings. The standard InChI is InChI=1S/C22H25F3/c1-2-15-3-5-16(6-4-15)7-8-17-9-10-21(22(25)11-17)18-12-19(23)14-20(24)13-18/h9-16H,2-8H2,1H3/i11D,12D,13D,14D. The summed E-state index contributed by atoms with van der Waals surface area (Å²) in [4.78, 5) is 0. The number of benzene rings is 2. The number of hydrogen-bond donors (Lipinski definition) is 0. The molecular formula is C22H25F3. The largest absolute Gasteiger partial charge is 0.207 e. The first kappa shape index (κ1) is 13.4. The Morgan fingerprint density at radius 1 is 0.920 bits per heavy atom. The summed E-state index contributed by atoms with van der Waals surface area (Å²) < 4.78 is 73.7. The Balaban J connectivity index is 1.84. The summed E-state index contributed by atoms with van der Waals surface area (Å²) in [7, 11) is 0. The van der Waals surface area contributed by atoms with E-state index >= 15 is 0 Å². The highest BCUT2D eigenvalue weighted by Crippen LogP contribution is 2.33. The van der Waals surface area contributed by atoms with E-state index in [1.54, 1.807) is 6.07 Å². The summed E-state index contributed by atoms with van der Waals surface area (Å²) >= 11 is 0. The second-order valence-corrected chi connectivity index (χ2v) is 6.92. The summed E-state index contributed by atoms with van der Waals surface area (Å²) in [6, 6.07) is -0.518. The van der Waals surface area contributed by atoms with Gasteiger partial charge in [0.25, 0.3) is 0 Å². The zero-order valence-electron chi connectivity index (χ0n) is 18.4. The lowest BCUT2D eigenvalue weighted by molar-refractivity contribution is 0.259. The number of hydrogen-bond acceptors (Lipinski definition) is 0. The average Bonchev–Trinajstić information content (AvgIpc) is 2.73. The van der Waals surface area contributed by atoms with Gasteiger partial charge in [-0.15, -0.1) is 0 Å². The van der Waals surface area contributed by atoms with Crippen molar-refractivity contribution in [2.24, 2.45) is 11.8 Å². The van der Waals surface area contributed by atoms with Crippen LogP contribution in [0.1, 0.15) is 56.5 Å². The minimum absolute atomic E-state index is 0.352. The highest BCUT2D eigenvalue weighted by molar-refractivity contribution is 5.64. The van der Waals surface area contributed by atoms with Crippen LogP contribution in [-0.4, -0.2) is 0 Å². The molecule has 0 bridgehead atoms. The molecule has 0 aliphatic heterocycles. The Morgan fingerprint density at radius 3 is 2.20 bits per heavy atom. The fourth-order valence-electron chi connectivity index (χ4n) is 3.68. The molecule has 0 atom stereocenters. The van der Waals surface area contributed by atoms with Crippen LogP contribution in [0.4, 0.5) is 13.2 Å². The van der Waals surface area contributed by atoms with Crippen molar-refractivity contribution in [3.8, 4) is 11.1 Å². The second kappa shape index (κ2) is 8.07. The topological polar surface area (TPSA) is 0 Å². The maximum absolute atomic E-state index is 14.9. The maximum Gasteiger partial charge on any atom is 0.131 e. The van der Waals surface area contributed by atoms with Gasteiger partial charge in [0.15, 0.2) is 0 Å². The Kier molecular flexibility index (Phi) is 4.34. The van der Waals surface area contributed by atoms with Crippen molar-refractivity contribution < 1.29 is 18.7 Å². The fraction of sp³-hybridized carbons (Fsp3) is 0.455. The van der Waals surface area contributed by atoms with E-state index in [1.807, 2.05) is 0 Å². The molecule has 134 valence electrons. The van der Waals surface area contributed by atoms with Crippen LogP contribution in [0.25, 0.3) is 11.1 Å². The van der Waals surface area contributed by atoms with Crippen molar-refractivity contribution in [3.63, 3.8) is 0 Å². The van der Waals surface area contributed by atoms with Crippen LogP contribution >= 0.6 is 0 Å². The maximum atomic E-state index is 14.9. The molecule has 0 spiro atoms. The lowest BCUT2D eigenvalue weighted by Gasteiger charge is -2.27. The van der Waals surface area contributed by atoms with Crippen molar-refractivity contribution in [1.29, 1.82) is 0 Å². The molecule has 0 N–H and O–H groups in total. The summed E-state index contributed by atoms with van der Waals surface area (Å²) in [5, 5.41) is 0. The van der Waals surface area contributed by atoms with Gasteiger partial charge < -0.3 is 0 Å². The molecule has 0 heterocycles. The zero-order valence-corrected chi connectivity index (χ0v) is 14.4. The van der Waals surface area contributed by atoms with E-state index in [9.17, 15) is 13.2 Å². The van der Waals surface area contributed by atoms with Gasteiger partial charge in [0.2, 0.25) is 0 Å². The van der Waals surface area contributed by atoms with E-state index in [2.05, 4.69) is 6.92 Å². The lowest BCUT2D eigenvalue weighted by Crippen LogP contribution is -2.14. The molecule has 2 aromatic rings. The van der Waals surface area contributed by atoms with E-state index in [-0.39, 0.29) is 11.6 Å². The molecule has 1 aliphatic carbocycles. The quantitative estimate of drug-likeness (QED) is 0.549. The number of halogens is 3. The van der Waals surface area contributed by atoms with Crippen LogP contribution in [0.3, 0.4) is 0 Å². The molecule has 25 heavy (non-hydrogen) atoms. The summed E-state index contributed by atoms with van der Waals surface area (Å²) in [5.74, 6) is -2.51. The Labute approximate surface area is 153 Å². The smallest absolute Gasteiger partial charge is 0.131 e. The normalized spacial score (nSPS) is 22.9. The van der Waals surface area contributed by atoms with Crippen molar-refractivity contribution in [2.75, 3.05) is 0 Å². The summed E-state index contributed by atoms with van der Waals surface area (Å²) in [6.45, 7) is 2.21. The van der Waals surface area contributed by atoms with E-state index in [0.717, 1.165) is 25.2 Å². The van der Waals surface area contributed by atoms with Gasteiger partial charge in [0.05, 0.1) is 5.48 Å². The van der Waals surface area contributed by atoms with Crippen LogP contribution in [0.5, 0.6) is 0 Å². The highest BCUT2D eigenvalue weighted by Gasteiger charge is 2.19. The zero-order chi connectivity index (χ0) is 21.3. The predicted octanol–water partition coefficient (Wildman–Crippen LogP) is 6.92. The van der Waals surface area contributed by atoms with Crippen molar-refractivity contribution in [2.45, 2.75) is 51.9 Å². The third-order valence-corrected chi connectivity index (χ3v) is 5.28. The van der Waals surface area contributed by atoms with Gasteiger partial charge in [-0.2, -0.15) is 0 Å². The van der Waals surface area contributed by atoms with Gasteiger partial charge in [-0.1, -0.05) is 51.2 Å². The monoisotopic (exact) mass is 350 g/mol. The van der Waals surface area contributed by atoms with Crippen LogP contribution < -0.4 is 0 Å². The molecule has 1 aliphatic rings. The summed E-state index contributed by atoms with van der Waals surface area (Å²) in [6.07, 6.45) is 7.34. The molecule has 0 saturated heterocycles. The minimum Gasteiger partial charge on any atom is -0.207 e. The Hall–Kier alpha value is -1.77. The van der Waals surface area contributed by atoms with Crippen molar-refractivity contribution >= 4 is 0 Å². The first-order valence-corrected chi connectivity index (χ1v) is 8.99. The van der Waals surface area contributed by atoms with Crippen molar-refractivity contribution in [3.05, 3.63) is 59.3 Å². The van der Waals surface area contributed by atoms with Crippen LogP contribution in [-0.2, 0) is 6.42 Å². The van der Waals surface area contributed by atoms with Gasteiger partial charge in [0.1, 0.15) is 17.5 Å². The molecule has 2 aromatic carbocycles. The second-order valence-electron chi connectivity index (χ2n) is 6.92. The minimum atomic E-state index is -1.44. The number of aryl methyl sites for hydroxylation is 1. The molecule has 3 rings (SSSR count). The molecule has 0 nitrogen and oxygen atoms in total. The van der Waals surface area contributed by atoms with Crippen LogP contribution in [0, 0.1) is 29.3 Å². The van der Waals surface area contributed by atoms with E-state index in [1.165, 1.54) is 25.3 Å². The Morgan fingerprint density at radius 2 is 1.56 bits per heavy atom. The third-order valence-electron chi connectivity index (χ3n) is 5.28. The fourth-order valence-corrected chi connectivity index (χ4v) is 3.68. The molecule has 0 unspecified atom stereocenters. The predicted molar refractivity (Wildman–Crippen MR) is 95.8 cm³/mol. The molecule has 1 saturated carbocycles. The molecule has 0 aromatic heterocycles. The Bertz CT molecular complexity index is 877. The molecule has 0 radical (unpaired) electrons. The van der Waals surface area contributed by atoms with Crippen LogP contribution in [0.15, 0.2) is 36.3 Å². The van der Waals surface area contributed by atoms with Gasteiger partial charge in [-0.3, -0.25) is 0 Å². The van der Waals surface area contributed by atoms with E-state index in [4.69, 9.17) is 5.48 Å². The van der Waals surface area contributed by atoms with Gasteiger partial charge in [-0.25, -0.2) is 13.2 Å². The molecular weight excluding hydrogens is 321 g/mol. The van der Waals surface area contributed by atoms with E-state index in [0.29, 0.717) is 17.9 Å². The van der Waals surface area contributed by atoms with Crippen LogP contribution in [0.2, 0.25) is 0 Å². The number of rotatable bonds is 5.